The van der Waals surface area contributed by atoms with E-state index in [1.54, 1.807) is 23.3 Å². The molecule has 1 fully saturated rings. The van der Waals surface area contributed by atoms with Crippen LogP contribution >= 0.6 is 36.2 Å². The Hall–Kier alpha value is -0.400. The third kappa shape index (κ3) is 5.07. The number of carbonyl (C=O) groups excluding carboxylic acids is 1. The van der Waals surface area contributed by atoms with E-state index in [0.717, 1.165) is 23.5 Å². The minimum Gasteiger partial charge on any atom is -0.372 e. The molecule has 1 heterocycles. The van der Waals surface area contributed by atoms with Crippen molar-refractivity contribution in [1.29, 1.82) is 0 Å². The maximum Gasteiger partial charge on any atom is 0.242 e. The van der Waals surface area contributed by atoms with Crippen molar-refractivity contribution in [2.24, 2.45) is 5.73 Å². The number of amides is 1. The van der Waals surface area contributed by atoms with Crippen molar-refractivity contribution >= 4 is 42.1 Å². The molecule has 2 rings (SSSR count). The molecule has 0 aliphatic heterocycles. The Morgan fingerprint density at radius 2 is 2.19 bits per heavy atom. The fraction of sp³-hybridized carbons (Fsp3) is 0.692. The predicted molar refractivity (Wildman–Crippen MR) is 89.3 cm³/mol. The second kappa shape index (κ2) is 8.29. The van der Waals surface area contributed by atoms with Crippen LogP contribution in [0.5, 0.6) is 0 Å². The zero-order valence-electron chi connectivity index (χ0n) is 12.5. The first-order valence-corrected chi connectivity index (χ1v) is 7.44. The molecule has 1 aromatic rings. The fourth-order valence-corrected chi connectivity index (χ4v) is 2.76. The summed E-state index contributed by atoms with van der Waals surface area (Å²) in [7, 11) is 1.78. The van der Waals surface area contributed by atoms with E-state index in [4.69, 9.17) is 10.5 Å². The van der Waals surface area contributed by atoms with Gasteiger partial charge in [0, 0.05) is 19.0 Å². The largest absolute Gasteiger partial charge is 0.372 e. The van der Waals surface area contributed by atoms with Crippen LogP contribution in [-0.4, -0.2) is 35.0 Å². The topological polar surface area (TPSA) is 68.5 Å². The molecule has 122 valence electrons. The van der Waals surface area contributed by atoms with E-state index in [0.29, 0.717) is 13.2 Å². The summed E-state index contributed by atoms with van der Waals surface area (Å²) < 4.78 is 5.51. The number of thiazole rings is 1. The van der Waals surface area contributed by atoms with Crippen molar-refractivity contribution < 1.29 is 9.53 Å². The van der Waals surface area contributed by atoms with Gasteiger partial charge in [-0.2, -0.15) is 0 Å². The first-order chi connectivity index (χ1) is 8.96. The van der Waals surface area contributed by atoms with E-state index < -0.39 is 5.54 Å². The highest BCUT2D eigenvalue weighted by atomic mass is 35.5. The molecule has 0 aromatic carbocycles. The van der Waals surface area contributed by atoms with Crippen LogP contribution in [0.25, 0.3) is 0 Å². The number of likely N-dealkylation sites (N-methyl/N-ethyl adjacent to an activating group) is 1. The Morgan fingerprint density at radius 1 is 1.57 bits per heavy atom. The van der Waals surface area contributed by atoms with Crippen molar-refractivity contribution in [3.63, 3.8) is 0 Å². The zero-order valence-corrected chi connectivity index (χ0v) is 14.9. The normalized spacial score (nSPS) is 16.4. The van der Waals surface area contributed by atoms with Crippen LogP contribution in [0.2, 0.25) is 0 Å². The van der Waals surface area contributed by atoms with Crippen LogP contribution in [0.3, 0.4) is 0 Å². The molecular formula is C13H23Cl2N3O2S. The summed E-state index contributed by atoms with van der Waals surface area (Å²) in [5.41, 5.74) is 6.20. The van der Waals surface area contributed by atoms with Gasteiger partial charge < -0.3 is 15.4 Å². The average molecular weight is 356 g/mol. The molecule has 1 aromatic heterocycles. The monoisotopic (exact) mass is 355 g/mol. The highest BCUT2D eigenvalue weighted by molar-refractivity contribution is 7.09. The van der Waals surface area contributed by atoms with Gasteiger partial charge in [-0.1, -0.05) is 0 Å². The molecule has 1 aliphatic rings. The predicted octanol–water partition coefficient (Wildman–Crippen LogP) is 2.53. The van der Waals surface area contributed by atoms with Gasteiger partial charge in [0.25, 0.3) is 0 Å². The molecule has 0 radical (unpaired) electrons. The van der Waals surface area contributed by atoms with Gasteiger partial charge in [-0.3, -0.25) is 4.79 Å². The highest BCUT2D eigenvalue weighted by Crippen LogP contribution is 2.34. The van der Waals surface area contributed by atoms with Gasteiger partial charge in [0.05, 0.1) is 17.8 Å². The summed E-state index contributed by atoms with van der Waals surface area (Å²) in [6, 6.07) is 0. The van der Waals surface area contributed by atoms with Gasteiger partial charge in [0.2, 0.25) is 5.91 Å². The number of halogens is 2. The lowest BCUT2D eigenvalue weighted by Gasteiger charge is -2.19. The second-order valence-electron chi connectivity index (χ2n) is 5.09. The molecule has 1 atom stereocenters. The average Bonchev–Trinajstić information content (AvgIpc) is 2.95. The van der Waals surface area contributed by atoms with Crippen molar-refractivity contribution in [3.05, 3.63) is 16.1 Å². The van der Waals surface area contributed by atoms with Gasteiger partial charge in [0.15, 0.2) is 0 Å². The third-order valence-electron chi connectivity index (χ3n) is 3.29. The lowest BCUT2D eigenvalue weighted by Crippen LogP contribution is -2.43. The number of aromatic nitrogens is 1. The first kappa shape index (κ1) is 20.6. The van der Waals surface area contributed by atoms with E-state index in [1.807, 2.05) is 19.2 Å². The van der Waals surface area contributed by atoms with Crippen molar-refractivity contribution in [2.75, 3.05) is 13.7 Å². The first-order valence-electron chi connectivity index (χ1n) is 6.56. The molecule has 0 bridgehead atoms. The minimum absolute atomic E-state index is 0. The molecule has 2 N–H and O–H groups in total. The lowest BCUT2D eigenvalue weighted by molar-refractivity contribution is -0.132. The minimum atomic E-state index is -0.605. The summed E-state index contributed by atoms with van der Waals surface area (Å²) in [6.07, 6.45) is 1.59. The van der Waals surface area contributed by atoms with Crippen molar-refractivity contribution in [1.82, 2.24) is 9.88 Å². The number of carbonyl (C=O) groups is 1. The molecule has 0 spiro atoms. The smallest absolute Gasteiger partial charge is 0.242 e. The van der Waals surface area contributed by atoms with Crippen LogP contribution in [0, 0.1) is 0 Å². The zero-order chi connectivity index (χ0) is 14.0. The summed E-state index contributed by atoms with van der Waals surface area (Å²) >= 11 is 1.57. The lowest BCUT2D eigenvalue weighted by atomic mass is 10.2. The molecule has 1 saturated carbocycles. The Bertz CT molecular complexity index is 466. The van der Waals surface area contributed by atoms with Crippen LogP contribution < -0.4 is 5.73 Å². The van der Waals surface area contributed by atoms with E-state index in [1.165, 1.54) is 0 Å². The summed E-state index contributed by atoms with van der Waals surface area (Å²) in [6.45, 7) is 5.13. The van der Waals surface area contributed by atoms with E-state index in [9.17, 15) is 4.79 Å². The van der Waals surface area contributed by atoms with Gasteiger partial charge in [-0.25, -0.2) is 4.98 Å². The molecule has 1 aliphatic carbocycles. The van der Waals surface area contributed by atoms with Gasteiger partial charge >= 0.3 is 0 Å². The number of hydrogen-bond acceptors (Lipinski definition) is 5. The molecule has 0 saturated heterocycles. The highest BCUT2D eigenvalue weighted by Gasteiger charge is 2.47. The maximum absolute atomic E-state index is 12.0. The van der Waals surface area contributed by atoms with Crippen LogP contribution in [0.4, 0.5) is 0 Å². The number of ether oxygens (including phenoxy) is 1. The number of rotatable bonds is 6. The molecule has 1 amide bonds. The van der Waals surface area contributed by atoms with Crippen LogP contribution in [-0.2, 0) is 16.1 Å². The number of hydrogen-bond donors (Lipinski definition) is 1. The molecular weight excluding hydrogens is 333 g/mol. The maximum atomic E-state index is 12.0. The van der Waals surface area contributed by atoms with Gasteiger partial charge in [0.1, 0.15) is 11.1 Å². The molecule has 1 unspecified atom stereocenters. The Labute approximate surface area is 142 Å². The van der Waals surface area contributed by atoms with E-state index >= 15 is 0 Å². The Kier molecular flexibility index (Phi) is 8.13. The van der Waals surface area contributed by atoms with Crippen molar-refractivity contribution in [3.8, 4) is 0 Å². The number of nitrogens with zero attached hydrogens (tertiary/aromatic N) is 2. The fourth-order valence-electron chi connectivity index (χ4n) is 1.95. The van der Waals surface area contributed by atoms with Gasteiger partial charge in [-0.15, -0.1) is 36.2 Å². The van der Waals surface area contributed by atoms with Crippen LogP contribution in [0.15, 0.2) is 5.38 Å². The van der Waals surface area contributed by atoms with Crippen molar-refractivity contribution in [2.45, 2.75) is 44.9 Å². The summed E-state index contributed by atoms with van der Waals surface area (Å²) in [5, 5.41) is 2.93. The number of nitrogens with two attached hydrogens (primary N) is 1. The quantitative estimate of drug-likeness (QED) is 0.851. The second-order valence-corrected chi connectivity index (χ2v) is 5.98. The van der Waals surface area contributed by atoms with Gasteiger partial charge in [-0.05, 0) is 26.7 Å². The standard InChI is InChI=1S/C13H21N3O2S.2ClH/c1-4-18-9(2)11-15-10(8-19-11)7-16(3)12(17)13(14)5-6-13;;/h8-9H,4-7,14H2,1-3H3;2*1H. The third-order valence-corrected chi connectivity index (χ3v) is 4.35. The molecule has 21 heavy (non-hydrogen) atoms. The summed E-state index contributed by atoms with van der Waals surface area (Å²) in [5.74, 6) is 0.0138. The van der Waals surface area contributed by atoms with E-state index in [2.05, 4.69) is 4.98 Å². The molecule has 8 heteroatoms. The van der Waals surface area contributed by atoms with E-state index in [-0.39, 0.29) is 36.8 Å². The Morgan fingerprint density at radius 3 is 2.71 bits per heavy atom. The summed E-state index contributed by atoms with van der Waals surface area (Å²) in [4.78, 5) is 18.2. The van der Waals surface area contributed by atoms with Crippen LogP contribution in [0.1, 0.15) is 43.5 Å². The SMILES string of the molecule is CCOC(C)c1nc(CN(C)C(=O)C2(N)CC2)cs1.Cl.Cl. The Balaban J connectivity index is 0.00000200. The molecule has 5 nitrogen and oxygen atoms in total.